The van der Waals surface area contributed by atoms with E-state index >= 15 is 0 Å². The Bertz CT molecular complexity index is 316. The number of benzene rings is 1. The predicted molar refractivity (Wildman–Crippen MR) is 67.5 cm³/mol. The van der Waals surface area contributed by atoms with Crippen LogP contribution in [-0.4, -0.2) is 45.3 Å². The molecule has 0 spiro atoms. The summed E-state index contributed by atoms with van der Waals surface area (Å²) in [5.41, 5.74) is 1.11. The van der Waals surface area contributed by atoms with E-state index in [1.54, 1.807) is 7.11 Å². The van der Waals surface area contributed by atoms with Gasteiger partial charge in [-0.1, -0.05) is 12.1 Å². The molecule has 1 atom stereocenters. The summed E-state index contributed by atoms with van der Waals surface area (Å²) in [4.78, 5) is 2.19. The summed E-state index contributed by atoms with van der Waals surface area (Å²) in [6, 6.07) is 6.93. The maximum atomic E-state index is 12.7. The van der Waals surface area contributed by atoms with Crippen molar-refractivity contribution in [3.05, 3.63) is 35.6 Å². The highest BCUT2D eigenvalue weighted by molar-refractivity contribution is 5.15. The molecule has 0 fully saturated rings. The zero-order valence-electron chi connectivity index (χ0n) is 10.7. The molecule has 17 heavy (non-hydrogen) atoms. The molecule has 3 nitrogen and oxygen atoms in total. The van der Waals surface area contributed by atoms with E-state index in [4.69, 9.17) is 4.74 Å². The lowest BCUT2D eigenvalue weighted by Gasteiger charge is -2.23. The van der Waals surface area contributed by atoms with Crippen LogP contribution in [0.3, 0.4) is 0 Å². The second-order valence-corrected chi connectivity index (χ2v) is 4.26. The average molecular weight is 240 g/mol. The van der Waals surface area contributed by atoms with E-state index in [-0.39, 0.29) is 5.82 Å². The molecule has 0 radical (unpaired) electrons. The van der Waals surface area contributed by atoms with Gasteiger partial charge in [0.2, 0.25) is 0 Å². The van der Waals surface area contributed by atoms with E-state index in [9.17, 15) is 4.39 Å². The molecule has 1 unspecified atom stereocenters. The normalized spacial score (nSPS) is 13.0. The lowest BCUT2D eigenvalue weighted by atomic mass is 10.2. The number of ether oxygens (including phenoxy) is 1. The first kappa shape index (κ1) is 14.1. The van der Waals surface area contributed by atoms with Crippen LogP contribution in [0.5, 0.6) is 0 Å². The van der Waals surface area contributed by atoms with E-state index in [2.05, 4.69) is 10.2 Å². The lowest BCUT2D eigenvalue weighted by Crippen LogP contribution is -2.40. The fourth-order valence-electron chi connectivity index (χ4n) is 1.77. The highest BCUT2D eigenvalue weighted by Crippen LogP contribution is 2.05. The van der Waals surface area contributed by atoms with Crippen LogP contribution in [0, 0.1) is 5.82 Å². The smallest absolute Gasteiger partial charge is 0.123 e. The molecule has 0 aromatic heterocycles. The Morgan fingerprint density at radius 1 is 1.35 bits per heavy atom. The first-order valence-electron chi connectivity index (χ1n) is 5.75. The first-order chi connectivity index (χ1) is 8.15. The van der Waals surface area contributed by atoms with Crippen molar-refractivity contribution in [1.29, 1.82) is 0 Å². The number of halogens is 1. The fourth-order valence-corrected chi connectivity index (χ4v) is 1.77. The van der Waals surface area contributed by atoms with Crippen LogP contribution in [0.1, 0.15) is 5.56 Å². The van der Waals surface area contributed by atoms with E-state index in [1.165, 1.54) is 12.1 Å². The van der Waals surface area contributed by atoms with Crippen LogP contribution in [0.2, 0.25) is 0 Å². The Balaban J connectivity index is 2.42. The minimum atomic E-state index is -0.191. The third-order valence-electron chi connectivity index (χ3n) is 2.67. The van der Waals surface area contributed by atoms with Crippen molar-refractivity contribution in [3.8, 4) is 0 Å². The number of methoxy groups -OCH3 is 1. The summed E-state index contributed by atoms with van der Waals surface area (Å²) in [6.07, 6.45) is 0. The summed E-state index contributed by atoms with van der Waals surface area (Å²) < 4.78 is 17.9. The van der Waals surface area contributed by atoms with Crippen LogP contribution in [0.25, 0.3) is 0 Å². The van der Waals surface area contributed by atoms with Gasteiger partial charge in [0, 0.05) is 26.2 Å². The van der Waals surface area contributed by atoms with Crippen molar-refractivity contribution in [3.63, 3.8) is 0 Å². The Kier molecular flexibility index (Phi) is 6.11. The van der Waals surface area contributed by atoms with E-state index < -0.39 is 0 Å². The number of nitrogens with one attached hydrogen (secondary N) is 1. The summed E-state index contributed by atoms with van der Waals surface area (Å²) >= 11 is 0. The van der Waals surface area contributed by atoms with Crippen molar-refractivity contribution >= 4 is 0 Å². The second-order valence-electron chi connectivity index (χ2n) is 4.26. The van der Waals surface area contributed by atoms with E-state index in [0.717, 1.165) is 18.7 Å². The molecule has 0 saturated heterocycles. The molecular formula is C13H21FN2O. The van der Waals surface area contributed by atoms with Crippen molar-refractivity contribution in [2.75, 3.05) is 34.4 Å². The zero-order chi connectivity index (χ0) is 12.7. The van der Waals surface area contributed by atoms with Gasteiger partial charge in [-0.05, 0) is 31.8 Å². The van der Waals surface area contributed by atoms with Crippen molar-refractivity contribution in [2.45, 2.75) is 12.6 Å². The molecule has 0 bridgehead atoms. The van der Waals surface area contributed by atoms with Crippen molar-refractivity contribution < 1.29 is 9.13 Å². The summed E-state index contributed by atoms with van der Waals surface area (Å²) in [5.74, 6) is -0.191. The molecule has 0 aliphatic heterocycles. The highest BCUT2D eigenvalue weighted by Gasteiger charge is 2.09. The van der Waals surface area contributed by atoms with Crippen LogP contribution in [-0.2, 0) is 11.3 Å². The second kappa shape index (κ2) is 7.37. The van der Waals surface area contributed by atoms with E-state index in [1.807, 2.05) is 26.2 Å². The maximum Gasteiger partial charge on any atom is 0.123 e. The Labute approximate surface area is 103 Å². The van der Waals surface area contributed by atoms with Gasteiger partial charge in [0.1, 0.15) is 5.82 Å². The molecule has 1 rings (SSSR count). The Hall–Kier alpha value is -0.970. The SMILES string of the molecule is CNC(COC)CN(C)Cc1ccc(F)cc1. The highest BCUT2D eigenvalue weighted by atomic mass is 19.1. The molecule has 0 amide bonds. The lowest BCUT2D eigenvalue weighted by molar-refractivity contribution is 0.147. The van der Waals surface area contributed by atoms with Gasteiger partial charge in [0.25, 0.3) is 0 Å². The monoisotopic (exact) mass is 240 g/mol. The summed E-state index contributed by atoms with van der Waals surface area (Å²) in [5, 5.41) is 3.20. The number of hydrogen-bond acceptors (Lipinski definition) is 3. The summed E-state index contributed by atoms with van der Waals surface area (Å²) in [6.45, 7) is 2.38. The number of hydrogen-bond donors (Lipinski definition) is 1. The Morgan fingerprint density at radius 2 is 2.00 bits per heavy atom. The Morgan fingerprint density at radius 3 is 2.53 bits per heavy atom. The largest absolute Gasteiger partial charge is 0.383 e. The van der Waals surface area contributed by atoms with Gasteiger partial charge in [0.15, 0.2) is 0 Å². The fraction of sp³-hybridized carbons (Fsp3) is 0.538. The molecule has 0 aliphatic rings. The average Bonchev–Trinajstić information content (AvgIpc) is 2.31. The molecule has 1 N–H and O–H groups in total. The number of likely N-dealkylation sites (N-methyl/N-ethyl adjacent to an activating group) is 2. The minimum Gasteiger partial charge on any atom is -0.383 e. The third-order valence-corrected chi connectivity index (χ3v) is 2.67. The molecule has 0 saturated carbocycles. The van der Waals surface area contributed by atoms with Crippen molar-refractivity contribution in [2.24, 2.45) is 0 Å². The number of rotatable bonds is 7. The molecule has 0 aliphatic carbocycles. The quantitative estimate of drug-likeness (QED) is 0.781. The topological polar surface area (TPSA) is 24.5 Å². The van der Waals surface area contributed by atoms with Gasteiger partial charge < -0.3 is 15.0 Å². The summed E-state index contributed by atoms with van der Waals surface area (Å²) in [7, 11) is 5.67. The molecule has 0 heterocycles. The van der Waals surface area contributed by atoms with Crippen LogP contribution in [0.15, 0.2) is 24.3 Å². The number of nitrogens with zero attached hydrogens (tertiary/aromatic N) is 1. The van der Waals surface area contributed by atoms with Crippen LogP contribution < -0.4 is 5.32 Å². The molecule has 4 heteroatoms. The van der Waals surface area contributed by atoms with Crippen molar-refractivity contribution in [1.82, 2.24) is 10.2 Å². The van der Waals surface area contributed by atoms with Crippen LogP contribution >= 0.6 is 0 Å². The van der Waals surface area contributed by atoms with E-state index in [0.29, 0.717) is 12.6 Å². The zero-order valence-corrected chi connectivity index (χ0v) is 10.7. The minimum absolute atomic E-state index is 0.191. The molecule has 96 valence electrons. The van der Waals surface area contributed by atoms with Crippen LogP contribution in [0.4, 0.5) is 4.39 Å². The predicted octanol–water partition coefficient (Wildman–Crippen LogP) is 1.49. The maximum absolute atomic E-state index is 12.7. The van der Waals surface area contributed by atoms with Gasteiger partial charge in [-0.25, -0.2) is 4.39 Å². The molecular weight excluding hydrogens is 219 g/mol. The molecule has 1 aromatic carbocycles. The molecule has 1 aromatic rings. The van der Waals surface area contributed by atoms with Gasteiger partial charge in [-0.2, -0.15) is 0 Å². The van der Waals surface area contributed by atoms with Gasteiger partial charge in [-0.15, -0.1) is 0 Å². The third kappa shape index (κ3) is 5.26. The first-order valence-corrected chi connectivity index (χ1v) is 5.75. The van der Waals surface area contributed by atoms with Gasteiger partial charge in [0.05, 0.1) is 6.61 Å². The van der Waals surface area contributed by atoms with Gasteiger partial charge >= 0.3 is 0 Å². The standard InChI is InChI=1S/C13H21FN2O/c1-15-13(10-17-3)9-16(2)8-11-4-6-12(14)7-5-11/h4-7,13,15H,8-10H2,1-3H3. The van der Waals surface area contributed by atoms with Gasteiger partial charge in [-0.3, -0.25) is 0 Å².